The van der Waals surface area contributed by atoms with Crippen LogP contribution in [0.4, 0.5) is 0 Å². The van der Waals surface area contributed by atoms with E-state index in [4.69, 9.17) is 4.74 Å². The lowest BCUT2D eigenvalue weighted by Gasteiger charge is -2.32. The predicted molar refractivity (Wildman–Crippen MR) is 67.3 cm³/mol. The second-order valence-corrected chi connectivity index (χ2v) is 4.98. The zero-order valence-corrected chi connectivity index (χ0v) is 10.9. The smallest absolute Gasteiger partial charge is 0.237 e. The highest BCUT2D eigenvalue weighted by Crippen LogP contribution is 2.07. The number of carbonyl (C=O) groups is 1. The van der Waals surface area contributed by atoms with Crippen LogP contribution < -0.4 is 10.6 Å². The van der Waals surface area contributed by atoms with E-state index in [0.717, 1.165) is 26.2 Å². The molecule has 0 aromatic rings. The minimum absolute atomic E-state index is 0.0382. The first kappa shape index (κ1) is 13.7. The van der Waals surface area contributed by atoms with E-state index in [-0.39, 0.29) is 18.1 Å². The number of morpholine rings is 1. The maximum Gasteiger partial charge on any atom is 0.237 e. The van der Waals surface area contributed by atoms with Gasteiger partial charge in [-0.3, -0.25) is 9.69 Å². The van der Waals surface area contributed by atoms with Gasteiger partial charge in [-0.05, 0) is 13.0 Å². The van der Waals surface area contributed by atoms with E-state index in [1.165, 1.54) is 0 Å². The molecular weight excluding hydrogens is 234 g/mol. The lowest BCUT2D eigenvalue weighted by molar-refractivity contribution is -0.124. The normalized spacial score (nSPS) is 33.6. The Morgan fingerprint density at radius 2 is 2.44 bits per heavy atom. The number of aliphatic hydroxyl groups excluding tert-OH is 1. The fourth-order valence-electron chi connectivity index (χ4n) is 2.45. The molecular formula is C12H23N3O3. The zero-order valence-electron chi connectivity index (χ0n) is 10.9. The van der Waals surface area contributed by atoms with Crippen molar-refractivity contribution >= 4 is 5.91 Å². The van der Waals surface area contributed by atoms with Gasteiger partial charge < -0.3 is 20.5 Å². The number of ether oxygens (including phenoxy) is 1. The van der Waals surface area contributed by atoms with Gasteiger partial charge in [0.2, 0.25) is 5.91 Å². The molecule has 2 heterocycles. The average molecular weight is 257 g/mol. The van der Waals surface area contributed by atoms with E-state index in [1.54, 1.807) is 0 Å². The van der Waals surface area contributed by atoms with E-state index in [2.05, 4.69) is 22.5 Å². The molecule has 2 saturated heterocycles. The fraction of sp³-hybridized carbons (Fsp3) is 0.917. The highest BCUT2D eigenvalue weighted by molar-refractivity contribution is 5.82. The van der Waals surface area contributed by atoms with Crippen LogP contribution in [0.15, 0.2) is 0 Å². The Balaban J connectivity index is 1.69. The molecule has 0 bridgehead atoms. The number of likely N-dealkylation sites (N-methyl/N-ethyl adjacent to an activating group) is 1. The van der Waals surface area contributed by atoms with Crippen LogP contribution in [0.3, 0.4) is 0 Å². The molecule has 3 atom stereocenters. The minimum atomic E-state index is -0.401. The number of carbonyl (C=O) groups excluding carboxylic acids is 1. The third kappa shape index (κ3) is 3.65. The summed E-state index contributed by atoms with van der Waals surface area (Å²) in [4.78, 5) is 14.1. The van der Waals surface area contributed by atoms with Crippen LogP contribution >= 0.6 is 0 Å². The lowest BCUT2D eigenvalue weighted by Crippen LogP contribution is -2.49. The van der Waals surface area contributed by atoms with Crippen molar-refractivity contribution in [3.8, 4) is 0 Å². The molecule has 0 saturated carbocycles. The summed E-state index contributed by atoms with van der Waals surface area (Å²) in [6.45, 7) is 6.77. The van der Waals surface area contributed by atoms with Gasteiger partial charge in [-0.2, -0.15) is 0 Å². The standard InChI is InChI=1S/C12H23N3O3/c1-2-15-3-4-18-10(8-15)7-14-12(17)11-5-9(16)6-13-11/h9-11,13,16H,2-8H2,1H3,(H,14,17). The number of aliphatic hydroxyl groups is 1. The summed E-state index contributed by atoms with van der Waals surface area (Å²) >= 11 is 0. The van der Waals surface area contributed by atoms with Crippen LogP contribution in [0.2, 0.25) is 0 Å². The molecule has 2 fully saturated rings. The van der Waals surface area contributed by atoms with Crippen LogP contribution in [-0.4, -0.2) is 73.5 Å². The van der Waals surface area contributed by atoms with E-state index in [9.17, 15) is 9.90 Å². The summed E-state index contributed by atoms with van der Waals surface area (Å²) in [5, 5.41) is 15.3. The van der Waals surface area contributed by atoms with Gasteiger partial charge in [-0.1, -0.05) is 6.92 Å². The number of amides is 1. The zero-order chi connectivity index (χ0) is 13.0. The molecule has 0 aromatic heterocycles. The van der Waals surface area contributed by atoms with Gasteiger partial charge in [0.25, 0.3) is 0 Å². The Morgan fingerprint density at radius 1 is 1.61 bits per heavy atom. The Labute approximate surface area is 108 Å². The Kier molecular flexibility index (Phi) is 4.94. The first-order valence-corrected chi connectivity index (χ1v) is 6.72. The van der Waals surface area contributed by atoms with Crippen LogP contribution in [0.5, 0.6) is 0 Å². The van der Waals surface area contributed by atoms with Gasteiger partial charge in [0.1, 0.15) is 0 Å². The maximum atomic E-state index is 11.8. The van der Waals surface area contributed by atoms with E-state index in [0.29, 0.717) is 19.5 Å². The third-order valence-corrected chi connectivity index (χ3v) is 3.60. The van der Waals surface area contributed by atoms with Crippen LogP contribution in [0, 0.1) is 0 Å². The molecule has 18 heavy (non-hydrogen) atoms. The number of nitrogens with zero attached hydrogens (tertiary/aromatic N) is 1. The molecule has 2 aliphatic rings. The first-order chi connectivity index (χ1) is 8.69. The monoisotopic (exact) mass is 257 g/mol. The second-order valence-electron chi connectivity index (χ2n) is 4.98. The second kappa shape index (κ2) is 6.47. The van der Waals surface area contributed by atoms with Crippen molar-refractivity contribution in [1.29, 1.82) is 0 Å². The first-order valence-electron chi connectivity index (χ1n) is 6.72. The van der Waals surface area contributed by atoms with Crippen molar-refractivity contribution in [1.82, 2.24) is 15.5 Å². The summed E-state index contributed by atoms with van der Waals surface area (Å²) in [5.41, 5.74) is 0. The average Bonchev–Trinajstić information content (AvgIpc) is 2.83. The van der Waals surface area contributed by atoms with Gasteiger partial charge in [0.15, 0.2) is 0 Å². The molecule has 3 N–H and O–H groups in total. The molecule has 0 spiro atoms. The largest absolute Gasteiger partial charge is 0.392 e. The molecule has 0 aliphatic carbocycles. The van der Waals surface area contributed by atoms with Crippen molar-refractivity contribution in [2.75, 3.05) is 39.3 Å². The molecule has 104 valence electrons. The fourth-order valence-corrected chi connectivity index (χ4v) is 2.45. The van der Waals surface area contributed by atoms with Gasteiger partial charge in [0.05, 0.1) is 24.9 Å². The summed E-state index contributed by atoms with van der Waals surface area (Å²) in [6, 6.07) is -0.258. The highest BCUT2D eigenvalue weighted by Gasteiger charge is 2.28. The van der Waals surface area contributed by atoms with Gasteiger partial charge in [0, 0.05) is 26.2 Å². The number of rotatable bonds is 4. The van der Waals surface area contributed by atoms with E-state index >= 15 is 0 Å². The summed E-state index contributed by atoms with van der Waals surface area (Å²) in [6.07, 6.45) is 0.176. The van der Waals surface area contributed by atoms with Gasteiger partial charge in [-0.15, -0.1) is 0 Å². The molecule has 3 unspecified atom stereocenters. The topological polar surface area (TPSA) is 73.8 Å². The number of nitrogens with one attached hydrogen (secondary N) is 2. The number of β-amino-alcohol motifs (C(OH)–C–C–N with tert-alkyl or cyclic N) is 1. The SMILES string of the molecule is CCN1CCOC(CNC(=O)C2CC(O)CN2)C1. The van der Waals surface area contributed by atoms with Gasteiger partial charge >= 0.3 is 0 Å². The van der Waals surface area contributed by atoms with E-state index < -0.39 is 6.10 Å². The van der Waals surface area contributed by atoms with E-state index in [1.807, 2.05) is 0 Å². The number of hydrogen-bond acceptors (Lipinski definition) is 5. The Morgan fingerprint density at radius 3 is 3.11 bits per heavy atom. The predicted octanol–water partition coefficient (Wildman–Crippen LogP) is -1.45. The molecule has 2 rings (SSSR count). The maximum absolute atomic E-state index is 11.8. The molecule has 6 nitrogen and oxygen atoms in total. The molecule has 1 amide bonds. The summed E-state index contributed by atoms with van der Waals surface area (Å²) in [7, 11) is 0. The van der Waals surface area contributed by atoms with Crippen LogP contribution in [0.1, 0.15) is 13.3 Å². The van der Waals surface area contributed by atoms with Crippen LogP contribution in [0.25, 0.3) is 0 Å². The van der Waals surface area contributed by atoms with Crippen molar-refractivity contribution in [3.05, 3.63) is 0 Å². The third-order valence-electron chi connectivity index (χ3n) is 3.60. The van der Waals surface area contributed by atoms with Crippen molar-refractivity contribution in [2.45, 2.75) is 31.6 Å². The molecule has 0 aromatic carbocycles. The van der Waals surface area contributed by atoms with Crippen molar-refractivity contribution in [3.63, 3.8) is 0 Å². The Hall–Kier alpha value is -0.690. The Bertz CT molecular complexity index is 288. The summed E-state index contributed by atoms with van der Waals surface area (Å²) in [5.74, 6) is -0.0382. The highest BCUT2D eigenvalue weighted by atomic mass is 16.5. The number of hydrogen-bond donors (Lipinski definition) is 3. The van der Waals surface area contributed by atoms with Crippen LogP contribution in [-0.2, 0) is 9.53 Å². The quantitative estimate of drug-likeness (QED) is 0.574. The lowest BCUT2D eigenvalue weighted by atomic mass is 10.2. The summed E-state index contributed by atoms with van der Waals surface area (Å²) < 4.78 is 5.62. The molecule has 6 heteroatoms. The molecule has 0 radical (unpaired) electrons. The van der Waals surface area contributed by atoms with Crippen molar-refractivity contribution < 1.29 is 14.6 Å². The van der Waals surface area contributed by atoms with Gasteiger partial charge in [-0.25, -0.2) is 0 Å². The molecule has 2 aliphatic heterocycles. The minimum Gasteiger partial charge on any atom is -0.392 e. The van der Waals surface area contributed by atoms with Crippen molar-refractivity contribution in [2.24, 2.45) is 0 Å².